The quantitative estimate of drug-likeness (QED) is 0.157. The second-order valence-electron chi connectivity index (χ2n) is 16.8. The fraction of sp³-hybridized carbons (Fsp3) is 0. The van der Waals surface area contributed by atoms with Gasteiger partial charge in [0.05, 0.1) is 56.7 Å². The van der Waals surface area contributed by atoms with Crippen molar-refractivity contribution in [2.75, 3.05) is 10.2 Å². The van der Waals surface area contributed by atoms with E-state index in [1.165, 1.54) is 0 Å². The van der Waals surface area contributed by atoms with Crippen LogP contribution in [-0.2, 0) is 0 Å². The van der Waals surface area contributed by atoms with E-state index in [9.17, 15) is 10.5 Å². The summed E-state index contributed by atoms with van der Waals surface area (Å²) in [6.45, 7) is 0. The molecule has 12 rings (SSSR count). The Bertz CT molecular complexity index is 3930. The lowest BCUT2D eigenvalue weighted by Crippen LogP contribution is -2.09. The van der Waals surface area contributed by atoms with Gasteiger partial charge in [-0.25, -0.2) is 0 Å². The normalized spacial score (nSPS) is 11.2. The van der Waals surface area contributed by atoms with Crippen LogP contribution in [0.25, 0.3) is 77.2 Å². The summed E-state index contributed by atoms with van der Waals surface area (Å²) in [6, 6.07) is 86.6. The average Bonchev–Trinajstić information content (AvgIpc) is 3.91. The lowest BCUT2D eigenvalue weighted by Gasteiger charge is -2.25. The summed E-state index contributed by atoms with van der Waals surface area (Å²) in [4.78, 5) is 2.29. The molecule has 0 bridgehead atoms. The summed E-state index contributed by atoms with van der Waals surface area (Å²) in [5.74, 6) is 0. The van der Waals surface area contributed by atoms with E-state index in [4.69, 9.17) is 0 Å². The van der Waals surface area contributed by atoms with Gasteiger partial charge < -0.3 is 19.4 Å². The van der Waals surface area contributed by atoms with Crippen molar-refractivity contribution in [1.82, 2.24) is 9.13 Å². The van der Waals surface area contributed by atoms with Crippen molar-refractivity contribution < 1.29 is 0 Å². The van der Waals surface area contributed by atoms with Gasteiger partial charge in [-0.3, -0.25) is 0 Å². The highest BCUT2D eigenvalue weighted by atomic mass is 15.1. The molecule has 6 heteroatoms. The zero-order chi connectivity index (χ0) is 45.6. The van der Waals surface area contributed by atoms with Crippen LogP contribution in [0.15, 0.2) is 237 Å². The van der Waals surface area contributed by atoms with Crippen molar-refractivity contribution in [2.45, 2.75) is 0 Å². The smallest absolute Gasteiger partial charge is 0.0998 e. The van der Waals surface area contributed by atoms with E-state index in [-0.39, 0.29) is 0 Å². The molecule has 0 spiro atoms. The standard InChI is InChI=1S/C62H40N6/c63-40-42-18-10-12-26-49(42)55-38-56(50-27-13-11-19-43(50)41-64)62(39-61(55)67-57-30-16-14-28-51(57)53-36-45(32-34-59(53)67)65-44-20-4-1-5-21-44)68-58-31-17-15-29-52(58)54-37-48(33-35-60(54)68)66(46-22-6-2-7-23-46)47-24-8-3-9-25-47/h1-39,65H. The zero-order valence-electron chi connectivity index (χ0n) is 36.8. The molecule has 68 heavy (non-hydrogen) atoms. The van der Waals surface area contributed by atoms with Crippen molar-refractivity contribution in [2.24, 2.45) is 0 Å². The molecule has 0 amide bonds. The third-order valence-electron chi connectivity index (χ3n) is 12.9. The molecular weight excluding hydrogens is 829 g/mol. The molecule has 0 saturated carbocycles. The number of nitrogens with one attached hydrogen (secondary N) is 1. The van der Waals surface area contributed by atoms with Crippen LogP contribution < -0.4 is 10.2 Å². The summed E-state index contributed by atoms with van der Waals surface area (Å²) in [5.41, 5.74) is 15.5. The Morgan fingerprint density at radius 1 is 0.324 bits per heavy atom. The number of nitriles is 2. The maximum absolute atomic E-state index is 10.7. The first-order chi connectivity index (χ1) is 33.7. The van der Waals surface area contributed by atoms with Gasteiger partial charge in [0.2, 0.25) is 0 Å². The minimum absolute atomic E-state index is 0.556. The number of anilines is 5. The van der Waals surface area contributed by atoms with Crippen molar-refractivity contribution in [3.63, 3.8) is 0 Å². The van der Waals surface area contributed by atoms with Crippen molar-refractivity contribution >= 4 is 72.0 Å². The Kier molecular flexibility index (Phi) is 9.83. The van der Waals surface area contributed by atoms with Crippen LogP contribution in [0.3, 0.4) is 0 Å². The number of para-hydroxylation sites is 5. The monoisotopic (exact) mass is 868 g/mol. The minimum Gasteiger partial charge on any atom is -0.356 e. The van der Waals surface area contributed by atoms with Gasteiger partial charge in [-0.2, -0.15) is 10.5 Å². The van der Waals surface area contributed by atoms with Gasteiger partial charge in [0.15, 0.2) is 0 Å². The lowest BCUT2D eigenvalue weighted by atomic mass is 9.91. The van der Waals surface area contributed by atoms with E-state index in [1.807, 2.05) is 78.9 Å². The number of hydrogen-bond donors (Lipinski definition) is 1. The van der Waals surface area contributed by atoms with Crippen LogP contribution in [0.4, 0.5) is 28.4 Å². The average molecular weight is 869 g/mol. The summed E-state index contributed by atoms with van der Waals surface area (Å²) in [7, 11) is 0. The number of rotatable bonds is 9. The Morgan fingerprint density at radius 2 is 0.765 bits per heavy atom. The van der Waals surface area contributed by atoms with Gasteiger partial charge in [0.25, 0.3) is 0 Å². The van der Waals surface area contributed by atoms with Gasteiger partial charge in [0.1, 0.15) is 0 Å². The maximum atomic E-state index is 10.7. The first-order valence-electron chi connectivity index (χ1n) is 22.6. The molecule has 12 aromatic rings. The van der Waals surface area contributed by atoms with Gasteiger partial charge >= 0.3 is 0 Å². The Balaban J connectivity index is 1.18. The third kappa shape index (κ3) is 6.72. The van der Waals surface area contributed by atoms with Crippen molar-refractivity contribution in [3.05, 3.63) is 248 Å². The summed E-state index contributed by atoms with van der Waals surface area (Å²) < 4.78 is 4.69. The SMILES string of the molecule is N#Cc1ccccc1-c1cc(-c2ccccc2C#N)c(-n2c3ccccc3c3cc(N(c4ccccc4)c4ccccc4)ccc32)cc1-n1c2ccccc2c2cc(Nc3ccccc3)ccc21. The van der Waals surface area contributed by atoms with Gasteiger partial charge in [0, 0.05) is 72.2 Å². The fourth-order valence-corrected chi connectivity index (χ4v) is 9.97. The molecule has 0 radical (unpaired) electrons. The molecule has 2 heterocycles. The molecule has 318 valence electrons. The van der Waals surface area contributed by atoms with Gasteiger partial charge in [-0.1, -0.05) is 127 Å². The Morgan fingerprint density at radius 3 is 1.31 bits per heavy atom. The molecule has 2 aromatic heterocycles. The van der Waals surface area contributed by atoms with E-state index in [0.717, 1.165) is 106 Å². The first-order valence-corrected chi connectivity index (χ1v) is 22.6. The topological polar surface area (TPSA) is 72.7 Å². The van der Waals surface area contributed by atoms with Crippen LogP contribution in [0.1, 0.15) is 11.1 Å². The lowest BCUT2D eigenvalue weighted by molar-refractivity contribution is 1.14. The second-order valence-corrected chi connectivity index (χ2v) is 16.8. The molecule has 0 fully saturated rings. The molecule has 0 aliphatic carbocycles. The maximum Gasteiger partial charge on any atom is 0.0998 e. The largest absolute Gasteiger partial charge is 0.356 e. The molecule has 0 aliphatic rings. The molecule has 0 aliphatic heterocycles. The summed E-state index contributed by atoms with van der Waals surface area (Å²) >= 11 is 0. The number of hydrogen-bond acceptors (Lipinski definition) is 4. The molecule has 0 unspecified atom stereocenters. The highest BCUT2D eigenvalue weighted by molar-refractivity contribution is 6.13. The van der Waals surface area contributed by atoms with Crippen molar-refractivity contribution in [3.8, 4) is 45.8 Å². The second kappa shape index (κ2) is 16.7. The number of fused-ring (bicyclic) bond motifs is 6. The van der Waals surface area contributed by atoms with Crippen LogP contribution in [0.5, 0.6) is 0 Å². The minimum atomic E-state index is 0.556. The Labute approximate surface area is 393 Å². The van der Waals surface area contributed by atoms with E-state index < -0.39 is 0 Å². The molecule has 1 N–H and O–H groups in total. The highest BCUT2D eigenvalue weighted by Gasteiger charge is 2.25. The summed E-state index contributed by atoms with van der Waals surface area (Å²) in [5, 5.41) is 29.4. The molecule has 10 aromatic carbocycles. The number of benzene rings is 10. The van der Waals surface area contributed by atoms with Crippen molar-refractivity contribution in [1.29, 1.82) is 10.5 Å². The highest BCUT2D eigenvalue weighted by Crippen LogP contribution is 2.46. The Hall–Kier alpha value is -9.62. The number of nitrogens with zero attached hydrogens (tertiary/aromatic N) is 5. The van der Waals surface area contributed by atoms with E-state index in [0.29, 0.717) is 11.1 Å². The van der Waals surface area contributed by atoms with Crippen LogP contribution in [0, 0.1) is 22.7 Å². The molecule has 0 atom stereocenters. The predicted octanol–water partition coefficient (Wildman–Crippen LogP) is 16.2. The number of aromatic nitrogens is 2. The van der Waals surface area contributed by atoms with E-state index in [2.05, 4.69) is 189 Å². The van der Waals surface area contributed by atoms with Crippen LogP contribution >= 0.6 is 0 Å². The van der Waals surface area contributed by atoms with Crippen LogP contribution in [0.2, 0.25) is 0 Å². The molecule has 6 nitrogen and oxygen atoms in total. The first kappa shape index (κ1) is 39.9. The van der Waals surface area contributed by atoms with E-state index >= 15 is 0 Å². The molecule has 0 saturated heterocycles. The zero-order valence-corrected chi connectivity index (χ0v) is 36.8. The predicted molar refractivity (Wildman–Crippen MR) is 280 cm³/mol. The molecular formula is C62H40N6. The third-order valence-corrected chi connectivity index (χ3v) is 12.9. The van der Waals surface area contributed by atoms with Gasteiger partial charge in [-0.15, -0.1) is 0 Å². The fourth-order valence-electron chi connectivity index (χ4n) is 9.97. The van der Waals surface area contributed by atoms with E-state index in [1.54, 1.807) is 0 Å². The van der Waals surface area contributed by atoms with Gasteiger partial charge in [-0.05, 0) is 109 Å². The van der Waals surface area contributed by atoms with Crippen LogP contribution in [-0.4, -0.2) is 9.13 Å². The summed E-state index contributed by atoms with van der Waals surface area (Å²) in [6.07, 6.45) is 0.